The molecule has 3 atom stereocenters. The molecule has 1 aliphatic rings. The summed E-state index contributed by atoms with van der Waals surface area (Å²) in [5.74, 6) is 1.18. The maximum atomic E-state index is 11.5. The van der Waals surface area contributed by atoms with Crippen LogP contribution in [-0.2, 0) is 10.0 Å². The SMILES string of the molecule is CCC(CC1CCCN(S(C)(=O)=O)C1)C(C)Br. The molecule has 0 amide bonds. The van der Waals surface area contributed by atoms with E-state index in [0.717, 1.165) is 25.8 Å². The fourth-order valence-electron chi connectivity index (χ4n) is 2.63. The van der Waals surface area contributed by atoms with Crippen LogP contribution in [0.2, 0.25) is 0 Å². The van der Waals surface area contributed by atoms with Gasteiger partial charge in [-0.15, -0.1) is 0 Å². The van der Waals surface area contributed by atoms with Crippen molar-refractivity contribution in [2.24, 2.45) is 11.8 Å². The molecule has 3 unspecified atom stereocenters. The van der Waals surface area contributed by atoms with Crippen molar-refractivity contribution < 1.29 is 8.42 Å². The number of hydrogen-bond donors (Lipinski definition) is 0. The summed E-state index contributed by atoms with van der Waals surface area (Å²) < 4.78 is 24.7. The number of nitrogens with zero attached hydrogens (tertiary/aromatic N) is 1. The zero-order valence-electron chi connectivity index (χ0n) is 11.0. The first-order valence-corrected chi connectivity index (χ1v) is 9.20. The fraction of sp³-hybridized carbons (Fsp3) is 1.00. The molecule has 0 radical (unpaired) electrons. The minimum Gasteiger partial charge on any atom is -0.213 e. The molecule has 1 saturated heterocycles. The monoisotopic (exact) mass is 325 g/mol. The van der Waals surface area contributed by atoms with Crippen molar-refractivity contribution in [3.05, 3.63) is 0 Å². The van der Waals surface area contributed by atoms with Gasteiger partial charge in [0.1, 0.15) is 0 Å². The van der Waals surface area contributed by atoms with E-state index < -0.39 is 10.0 Å². The predicted octanol–water partition coefficient (Wildman–Crippen LogP) is 2.86. The van der Waals surface area contributed by atoms with Crippen molar-refractivity contribution in [2.75, 3.05) is 19.3 Å². The minimum absolute atomic E-state index is 0.515. The van der Waals surface area contributed by atoms with Crippen molar-refractivity contribution >= 4 is 26.0 Å². The van der Waals surface area contributed by atoms with Gasteiger partial charge in [0.05, 0.1) is 6.26 Å². The number of sulfonamides is 1. The Balaban J connectivity index is 2.55. The Kier molecular flexibility index (Phi) is 5.93. The summed E-state index contributed by atoms with van der Waals surface area (Å²) in [6.45, 7) is 5.82. The number of rotatable bonds is 5. The highest BCUT2D eigenvalue weighted by molar-refractivity contribution is 9.09. The van der Waals surface area contributed by atoms with Gasteiger partial charge in [-0.25, -0.2) is 12.7 Å². The standard InChI is InChI=1S/C12H24BrNO2S/c1-4-12(10(2)13)8-11-6-5-7-14(9-11)17(3,15)16/h10-12H,4-9H2,1-3H3. The van der Waals surface area contributed by atoms with Crippen LogP contribution in [0.4, 0.5) is 0 Å². The lowest BCUT2D eigenvalue weighted by molar-refractivity contribution is 0.228. The van der Waals surface area contributed by atoms with Gasteiger partial charge in [0.15, 0.2) is 0 Å². The second-order valence-electron chi connectivity index (χ2n) is 5.21. The third-order valence-electron chi connectivity index (χ3n) is 3.76. The minimum atomic E-state index is -3.00. The highest BCUT2D eigenvalue weighted by Gasteiger charge is 2.28. The van der Waals surface area contributed by atoms with Gasteiger partial charge in [0.2, 0.25) is 10.0 Å². The van der Waals surface area contributed by atoms with Crippen LogP contribution in [0.1, 0.15) is 39.5 Å². The smallest absolute Gasteiger partial charge is 0.211 e. The summed E-state index contributed by atoms with van der Waals surface area (Å²) in [5, 5.41) is 0. The molecule has 0 aliphatic carbocycles. The molecule has 0 saturated carbocycles. The third-order valence-corrected chi connectivity index (χ3v) is 5.78. The number of piperidine rings is 1. The molecule has 0 spiro atoms. The van der Waals surface area contributed by atoms with E-state index in [0.29, 0.717) is 23.2 Å². The van der Waals surface area contributed by atoms with Gasteiger partial charge in [0, 0.05) is 17.9 Å². The van der Waals surface area contributed by atoms with E-state index in [4.69, 9.17) is 0 Å². The average molecular weight is 326 g/mol. The zero-order chi connectivity index (χ0) is 13.1. The summed E-state index contributed by atoms with van der Waals surface area (Å²) >= 11 is 3.65. The van der Waals surface area contributed by atoms with E-state index in [1.54, 1.807) is 4.31 Å². The van der Waals surface area contributed by atoms with Gasteiger partial charge in [0.25, 0.3) is 0 Å². The molecular weight excluding hydrogens is 302 g/mol. The second kappa shape index (κ2) is 6.53. The molecule has 0 aromatic rings. The van der Waals surface area contributed by atoms with Crippen LogP contribution < -0.4 is 0 Å². The Labute approximate surface area is 114 Å². The van der Waals surface area contributed by atoms with Crippen molar-refractivity contribution in [2.45, 2.75) is 44.4 Å². The van der Waals surface area contributed by atoms with Gasteiger partial charge >= 0.3 is 0 Å². The molecule has 1 aliphatic heterocycles. The van der Waals surface area contributed by atoms with Crippen molar-refractivity contribution in [1.82, 2.24) is 4.31 Å². The third kappa shape index (κ3) is 4.87. The molecule has 0 bridgehead atoms. The van der Waals surface area contributed by atoms with Crippen LogP contribution in [0.5, 0.6) is 0 Å². The Morgan fingerprint density at radius 3 is 2.59 bits per heavy atom. The van der Waals surface area contributed by atoms with Crippen LogP contribution in [0.15, 0.2) is 0 Å². The summed E-state index contributed by atoms with van der Waals surface area (Å²) in [6, 6.07) is 0. The Bertz CT molecular complexity index is 329. The fourth-order valence-corrected chi connectivity index (χ4v) is 4.16. The van der Waals surface area contributed by atoms with E-state index in [-0.39, 0.29) is 0 Å². The molecule has 17 heavy (non-hydrogen) atoms. The maximum absolute atomic E-state index is 11.5. The summed E-state index contributed by atoms with van der Waals surface area (Å²) in [7, 11) is -3.00. The van der Waals surface area contributed by atoms with E-state index in [2.05, 4.69) is 29.8 Å². The van der Waals surface area contributed by atoms with E-state index in [1.807, 2.05) is 0 Å². The molecule has 1 rings (SSSR count). The summed E-state index contributed by atoms with van der Waals surface area (Å²) in [6.07, 6.45) is 5.78. The normalized spacial score (nSPS) is 26.7. The van der Waals surface area contributed by atoms with Gasteiger partial charge in [-0.3, -0.25) is 0 Å². The Morgan fingerprint density at radius 2 is 2.12 bits per heavy atom. The summed E-state index contributed by atoms with van der Waals surface area (Å²) in [5.41, 5.74) is 0. The largest absolute Gasteiger partial charge is 0.213 e. The first kappa shape index (κ1) is 15.4. The molecule has 1 fully saturated rings. The first-order chi connectivity index (χ1) is 7.84. The van der Waals surface area contributed by atoms with Crippen molar-refractivity contribution in [3.8, 4) is 0 Å². The van der Waals surface area contributed by atoms with E-state index in [1.165, 1.54) is 12.7 Å². The van der Waals surface area contributed by atoms with Crippen LogP contribution >= 0.6 is 15.9 Å². The first-order valence-electron chi connectivity index (χ1n) is 6.43. The van der Waals surface area contributed by atoms with Gasteiger partial charge in [-0.2, -0.15) is 0 Å². The van der Waals surface area contributed by atoms with Crippen LogP contribution in [0.3, 0.4) is 0 Å². The highest BCUT2D eigenvalue weighted by atomic mass is 79.9. The van der Waals surface area contributed by atoms with Gasteiger partial charge < -0.3 is 0 Å². The molecule has 5 heteroatoms. The van der Waals surface area contributed by atoms with Gasteiger partial charge in [-0.1, -0.05) is 36.2 Å². The quantitative estimate of drug-likeness (QED) is 0.729. The number of alkyl halides is 1. The molecule has 102 valence electrons. The Hall–Kier alpha value is 0.390. The number of hydrogen-bond acceptors (Lipinski definition) is 2. The van der Waals surface area contributed by atoms with Crippen LogP contribution in [-0.4, -0.2) is 36.9 Å². The molecule has 0 aromatic carbocycles. The van der Waals surface area contributed by atoms with Crippen molar-refractivity contribution in [3.63, 3.8) is 0 Å². The van der Waals surface area contributed by atoms with Gasteiger partial charge in [-0.05, 0) is 31.1 Å². The lowest BCUT2D eigenvalue weighted by Crippen LogP contribution is -2.40. The van der Waals surface area contributed by atoms with Crippen LogP contribution in [0.25, 0.3) is 0 Å². The lowest BCUT2D eigenvalue weighted by Gasteiger charge is -2.33. The molecule has 0 aromatic heterocycles. The summed E-state index contributed by atoms with van der Waals surface area (Å²) in [4.78, 5) is 0.515. The Morgan fingerprint density at radius 1 is 1.47 bits per heavy atom. The molecule has 0 N–H and O–H groups in total. The number of halogens is 1. The molecule has 1 heterocycles. The average Bonchev–Trinajstić information content (AvgIpc) is 2.24. The van der Waals surface area contributed by atoms with E-state index in [9.17, 15) is 8.42 Å². The topological polar surface area (TPSA) is 37.4 Å². The maximum Gasteiger partial charge on any atom is 0.211 e. The molecular formula is C12H24BrNO2S. The highest BCUT2D eigenvalue weighted by Crippen LogP contribution is 2.29. The zero-order valence-corrected chi connectivity index (χ0v) is 13.4. The van der Waals surface area contributed by atoms with Crippen molar-refractivity contribution in [1.29, 1.82) is 0 Å². The lowest BCUT2D eigenvalue weighted by atomic mass is 9.86. The predicted molar refractivity (Wildman–Crippen MR) is 75.9 cm³/mol. The second-order valence-corrected chi connectivity index (χ2v) is 8.64. The van der Waals surface area contributed by atoms with Crippen LogP contribution in [0, 0.1) is 11.8 Å². The van der Waals surface area contributed by atoms with E-state index >= 15 is 0 Å². The molecule has 3 nitrogen and oxygen atoms in total.